The van der Waals surface area contributed by atoms with Crippen LogP contribution in [0.4, 0.5) is 11.4 Å². The van der Waals surface area contributed by atoms with Crippen LogP contribution in [0.15, 0.2) is 30.5 Å². The lowest BCUT2D eigenvalue weighted by atomic mass is 10.2. The first-order valence-electron chi connectivity index (χ1n) is 7.61. The van der Waals surface area contributed by atoms with E-state index in [1.54, 1.807) is 10.9 Å². The van der Waals surface area contributed by atoms with Gasteiger partial charge in [-0.25, -0.2) is 0 Å². The second-order valence-electron chi connectivity index (χ2n) is 5.69. The Hall–Kier alpha value is -2.21. The van der Waals surface area contributed by atoms with Crippen LogP contribution in [0.5, 0.6) is 0 Å². The molecule has 2 aromatic rings. The molecule has 1 aromatic heterocycles. The maximum Gasteiger partial charge on any atom is 0.244 e. The summed E-state index contributed by atoms with van der Waals surface area (Å²) in [6, 6.07) is 7.80. The Bertz CT molecular complexity index is 689. The molecule has 0 atom stereocenters. The Morgan fingerprint density at radius 1 is 1.22 bits per heavy atom. The third kappa shape index (κ3) is 3.42. The summed E-state index contributed by atoms with van der Waals surface area (Å²) in [5, 5.41) is 4.87. The Kier molecular flexibility index (Phi) is 4.43. The maximum atomic E-state index is 12.4. The van der Waals surface area contributed by atoms with Crippen molar-refractivity contribution in [2.24, 2.45) is 0 Å². The van der Waals surface area contributed by atoms with E-state index >= 15 is 0 Å². The number of nitrogens with two attached hydrogens (primary N) is 1. The minimum absolute atomic E-state index is 0.0759. The zero-order valence-electron chi connectivity index (χ0n) is 13.1. The highest BCUT2D eigenvalue weighted by molar-refractivity contribution is 6.30. The average Bonchev–Trinajstić information content (AvgIpc) is 2.88. The summed E-state index contributed by atoms with van der Waals surface area (Å²) < 4.78 is 1.66. The summed E-state index contributed by atoms with van der Waals surface area (Å²) in [7, 11) is 0. The molecule has 7 heteroatoms. The van der Waals surface area contributed by atoms with Crippen molar-refractivity contribution in [3.63, 3.8) is 0 Å². The van der Waals surface area contributed by atoms with Gasteiger partial charge < -0.3 is 15.5 Å². The van der Waals surface area contributed by atoms with Crippen LogP contribution in [0.1, 0.15) is 5.69 Å². The van der Waals surface area contributed by atoms with Gasteiger partial charge in [-0.3, -0.25) is 9.48 Å². The van der Waals surface area contributed by atoms with Crippen molar-refractivity contribution >= 4 is 28.9 Å². The van der Waals surface area contributed by atoms with E-state index in [0.29, 0.717) is 18.8 Å². The average molecular weight is 334 g/mol. The molecule has 0 spiro atoms. The molecule has 0 aliphatic carbocycles. The number of piperazine rings is 1. The van der Waals surface area contributed by atoms with Gasteiger partial charge in [-0.2, -0.15) is 5.10 Å². The summed E-state index contributed by atoms with van der Waals surface area (Å²) in [6.45, 7) is 5.15. The fraction of sp³-hybridized carbons (Fsp3) is 0.375. The van der Waals surface area contributed by atoms with Crippen LogP contribution in [-0.2, 0) is 11.3 Å². The second kappa shape index (κ2) is 6.50. The lowest BCUT2D eigenvalue weighted by molar-refractivity contribution is -0.132. The Morgan fingerprint density at radius 3 is 2.43 bits per heavy atom. The van der Waals surface area contributed by atoms with E-state index in [1.807, 2.05) is 36.1 Å². The Balaban J connectivity index is 1.57. The fourth-order valence-corrected chi connectivity index (χ4v) is 2.84. The molecule has 0 bridgehead atoms. The van der Waals surface area contributed by atoms with E-state index in [2.05, 4.69) is 10.00 Å². The molecule has 1 aromatic carbocycles. The van der Waals surface area contributed by atoms with Crippen molar-refractivity contribution in [3.05, 3.63) is 41.2 Å². The summed E-state index contributed by atoms with van der Waals surface area (Å²) in [6.07, 6.45) is 1.58. The van der Waals surface area contributed by atoms with Gasteiger partial charge in [0.1, 0.15) is 6.54 Å². The molecule has 1 amide bonds. The molecule has 23 heavy (non-hydrogen) atoms. The quantitative estimate of drug-likeness (QED) is 0.929. The number of carbonyl (C=O) groups excluding carboxylic acids is 1. The number of amides is 1. The lowest BCUT2D eigenvalue weighted by Gasteiger charge is -2.36. The summed E-state index contributed by atoms with van der Waals surface area (Å²) >= 11 is 5.92. The van der Waals surface area contributed by atoms with Crippen molar-refractivity contribution < 1.29 is 4.79 Å². The predicted molar refractivity (Wildman–Crippen MR) is 91.6 cm³/mol. The van der Waals surface area contributed by atoms with Crippen molar-refractivity contribution in [2.45, 2.75) is 13.5 Å². The highest BCUT2D eigenvalue weighted by Gasteiger charge is 2.22. The van der Waals surface area contributed by atoms with Gasteiger partial charge >= 0.3 is 0 Å². The van der Waals surface area contributed by atoms with Gasteiger partial charge in [0.25, 0.3) is 0 Å². The first-order chi connectivity index (χ1) is 11.0. The molecule has 1 saturated heterocycles. The standard InChI is InChI=1S/C16H20ClN5O/c1-12-15(18)10-19-22(12)11-16(23)21-8-6-20(7-9-21)14-4-2-13(17)3-5-14/h2-5,10H,6-9,11,18H2,1H3. The number of anilines is 2. The number of hydrogen-bond donors (Lipinski definition) is 1. The van der Waals surface area contributed by atoms with Crippen molar-refractivity contribution in [1.29, 1.82) is 0 Å². The molecule has 1 fully saturated rings. The summed E-state index contributed by atoms with van der Waals surface area (Å²) in [5.74, 6) is 0.0759. The predicted octanol–water partition coefficient (Wildman–Crippen LogP) is 1.78. The Labute approximate surface area is 140 Å². The van der Waals surface area contributed by atoms with E-state index in [-0.39, 0.29) is 12.5 Å². The highest BCUT2D eigenvalue weighted by Crippen LogP contribution is 2.19. The molecule has 0 unspecified atom stereocenters. The number of carbonyl (C=O) groups is 1. The van der Waals surface area contributed by atoms with Gasteiger partial charge in [-0.05, 0) is 31.2 Å². The van der Waals surface area contributed by atoms with E-state index in [0.717, 1.165) is 29.5 Å². The summed E-state index contributed by atoms with van der Waals surface area (Å²) in [5.41, 5.74) is 8.35. The molecule has 0 radical (unpaired) electrons. The normalized spacial score (nSPS) is 15.0. The molecule has 1 aliphatic heterocycles. The molecule has 1 aliphatic rings. The number of aromatic nitrogens is 2. The third-order valence-corrected chi connectivity index (χ3v) is 4.50. The van der Waals surface area contributed by atoms with Crippen molar-refractivity contribution in [1.82, 2.24) is 14.7 Å². The van der Waals surface area contributed by atoms with Crippen LogP contribution in [0.3, 0.4) is 0 Å². The van der Waals surface area contributed by atoms with Crippen molar-refractivity contribution in [2.75, 3.05) is 36.8 Å². The molecule has 122 valence electrons. The number of nitrogens with zero attached hydrogens (tertiary/aromatic N) is 4. The van der Waals surface area contributed by atoms with Gasteiger partial charge in [0.15, 0.2) is 0 Å². The van der Waals surface area contributed by atoms with Gasteiger partial charge in [-0.1, -0.05) is 11.6 Å². The smallest absolute Gasteiger partial charge is 0.244 e. The fourth-order valence-electron chi connectivity index (χ4n) is 2.71. The number of benzene rings is 1. The van der Waals surface area contributed by atoms with Gasteiger partial charge in [0.05, 0.1) is 17.6 Å². The lowest BCUT2D eigenvalue weighted by Crippen LogP contribution is -2.49. The highest BCUT2D eigenvalue weighted by atomic mass is 35.5. The van der Waals surface area contributed by atoms with Crippen LogP contribution < -0.4 is 10.6 Å². The van der Waals surface area contributed by atoms with Gasteiger partial charge in [-0.15, -0.1) is 0 Å². The minimum atomic E-state index is 0.0759. The molecule has 2 heterocycles. The zero-order chi connectivity index (χ0) is 16.4. The number of nitrogen functional groups attached to an aromatic ring is 1. The molecule has 6 nitrogen and oxygen atoms in total. The SMILES string of the molecule is Cc1c(N)cnn1CC(=O)N1CCN(c2ccc(Cl)cc2)CC1. The number of rotatable bonds is 3. The largest absolute Gasteiger partial charge is 0.396 e. The number of hydrogen-bond acceptors (Lipinski definition) is 4. The van der Waals surface area contributed by atoms with Crippen LogP contribution in [-0.4, -0.2) is 46.8 Å². The molecule has 3 rings (SSSR count). The topological polar surface area (TPSA) is 67.4 Å². The van der Waals surface area contributed by atoms with Gasteiger partial charge in [0.2, 0.25) is 5.91 Å². The van der Waals surface area contributed by atoms with Crippen LogP contribution in [0.2, 0.25) is 5.02 Å². The zero-order valence-corrected chi connectivity index (χ0v) is 13.8. The second-order valence-corrected chi connectivity index (χ2v) is 6.12. The first-order valence-corrected chi connectivity index (χ1v) is 7.98. The van der Waals surface area contributed by atoms with Crippen LogP contribution >= 0.6 is 11.6 Å². The Morgan fingerprint density at radius 2 is 1.87 bits per heavy atom. The maximum absolute atomic E-state index is 12.4. The van der Waals surface area contributed by atoms with Crippen LogP contribution in [0, 0.1) is 6.92 Å². The van der Waals surface area contributed by atoms with E-state index in [1.165, 1.54) is 0 Å². The molecule has 0 saturated carbocycles. The first kappa shape index (κ1) is 15.7. The van der Waals surface area contributed by atoms with Crippen molar-refractivity contribution in [3.8, 4) is 0 Å². The van der Waals surface area contributed by atoms with Gasteiger partial charge in [0, 0.05) is 36.9 Å². The molecular formula is C16H20ClN5O. The van der Waals surface area contributed by atoms with E-state index in [4.69, 9.17) is 17.3 Å². The molecular weight excluding hydrogens is 314 g/mol. The number of halogens is 1. The van der Waals surface area contributed by atoms with Crippen LogP contribution in [0.25, 0.3) is 0 Å². The minimum Gasteiger partial charge on any atom is -0.396 e. The van der Waals surface area contributed by atoms with E-state index < -0.39 is 0 Å². The third-order valence-electron chi connectivity index (χ3n) is 4.25. The van der Waals surface area contributed by atoms with E-state index in [9.17, 15) is 4.79 Å². The summed E-state index contributed by atoms with van der Waals surface area (Å²) in [4.78, 5) is 16.5. The molecule has 2 N–H and O–H groups in total. The monoisotopic (exact) mass is 333 g/mol.